The average Bonchev–Trinajstić information content (AvgIpc) is 2.60. The van der Waals surface area contributed by atoms with E-state index in [0.717, 1.165) is 0 Å². The molecule has 28 heavy (non-hydrogen) atoms. The summed E-state index contributed by atoms with van der Waals surface area (Å²) in [6.07, 6.45) is 0. The van der Waals surface area contributed by atoms with Gasteiger partial charge in [0.25, 0.3) is 0 Å². The van der Waals surface area contributed by atoms with Gasteiger partial charge >= 0.3 is 11.9 Å². The zero-order chi connectivity index (χ0) is 20.7. The minimum Gasteiger partial charge on any atom is -0.476 e. The number of carboxylic acids is 2. The Balaban J connectivity index is 2.04. The van der Waals surface area contributed by atoms with E-state index in [-0.39, 0.29) is 60.8 Å². The van der Waals surface area contributed by atoms with Crippen molar-refractivity contribution >= 4 is 43.2 Å². The number of hydrogen-bond acceptors (Lipinski definition) is 10. The summed E-state index contributed by atoms with van der Waals surface area (Å²) in [5, 5.41) is 19.1. The second-order valence-electron chi connectivity index (χ2n) is 6.46. The van der Waals surface area contributed by atoms with Crippen molar-refractivity contribution in [2.45, 2.75) is 0 Å². The van der Waals surface area contributed by atoms with Gasteiger partial charge in [-0.3, -0.25) is 0 Å². The van der Waals surface area contributed by atoms with Crippen LogP contribution in [0.1, 0.15) is 21.0 Å². The summed E-state index contributed by atoms with van der Waals surface area (Å²) in [4.78, 5) is 34.1. The first-order valence-electron chi connectivity index (χ1n) is 8.28. The average molecular weight is 434 g/mol. The second kappa shape index (κ2) is 7.16. The predicted molar refractivity (Wildman–Crippen MR) is 97.7 cm³/mol. The van der Waals surface area contributed by atoms with Crippen molar-refractivity contribution in [1.82, 2.24) is 9.97 Å². The Labute approximate surface area is 160 Å². The van der Waals surface area contributed by atoms with E-state index in [1.807, 2.05) is 0 Å². The Morgan fingerprint density at radius 1 is 0.679 bits per heavy atom. The third-order valence-electron chi connectivity index (χ3n) is 4.55. The Hall–Kier alpha value is -2.48. The van der Waals surface area contributed by atoms with Gasteiger partial charge in [-0.1, -0.05) is 0 Å². The third-order valence-corrected chi connectivity index (χ3v) is 7.77. The van der Waals surface area contributed by atoms with Gasteiger partial charge in [0.2, 0.25) is 0 Å². The van der Waals surface area contributed by atoms with Gasteiger partial charge in [0.15, 0.2) is 42.7 Å². The van der Waals surface area contributed by atoms with E-state index in [9.17, 15) is 36.6 Å². The van der Waals surface area contributed by atoms with Crippen molar-refractivity contribution in [1.29, 1.82) is 0 Å². The Bertz CT molecular complexity index is 926. The van der Waals surface area contributed by atoms with Gasteiger partial charge in [-0.25, -0.2) is 36.4 Å². The smallest absolute Gasteiger partial charge is 0.358 e. The molecule has 2 aliphatic rings. The number of aromatic carboxylic acids is 2. The number of sulfone groups is 2. The van der Waals surface area contributed by atoms with E-state index < -0.39 is 43.0 Å². The van der Waals surface area contributed by atoms with E-state index in [0.29, 0.717) is 0 Å². The summed E-state index contributed by atoms with van der Waals surface area (Å²) in [6.45, 7) is -0.120. The first kappa shape index (κ1) is 20.3. The zero-order valence-electron chi connectivity index (χ0n) is 14.6. The summed E-state index contributed by atoms with van der Waals surface area (Å²) in [5.41, 5.74) is -1.01. The molecule has 0 aromatic carbocycles. The Morgan fingerprint density at radius 2 is 0.964 bits per heavy atom. The molecule has 0 amide bonds. The highest BCUT2D eigenvalue weighted by Gasteiger charge is 2.32. The van der Waals surface area contributed by atoms with Crippen LogP contribution in [-0.4, -0.2) is 98.1 Å². The van der Waals surface area contributed by atoms with E-state index in [2.05, 4.69) is 9.97 Å². The van der Waals surface area contributed by atoms with Gasteiger partial charge in [-0.2, -0.15) is 0 Å². The van der Waals surface area contributed by atoms with Crippen LogP contribution in [-0.2, 0) is 19.7 Å². The van der Waals surface area contributed by atoms with Crippen LogP contribution in [0.3, 0.4) is 0 Å². The van der Waals surface area contributed by atoms with Crippen LogP contribution >= 0.6 is 0 Å². The number of hydrogen-bond donors (Lipinski definition) is 2. The minimum absolute atomic E-state index is 0.0301. The molecular formula is C14H18N4O8S2. The SMILES string of the molecule is O=C(O)c1nc(N2CCS(=O)(=O)CC2)c(C(=O)O)nc1N1CCS(=O)(=O)CC1. The second-order valence-corrected chi connectivity index (χ2v) is 11.1. The third kappa shape index (κ3) is 4.16. The molecule has 2 N–H and O–H groups in total. The maximum absolute atomic E-state index is 11.7. The number of rotatable bonds is 4. The topological polar surface area (TPSA) is 175 Å². The van der Waals surface area contributed by atoms with Crippen molar-refractivity contribution in [2.75, 3.05) is 59.0 Å². The monoisotopic (exact) mass is 434 g/mol. The maximum Gasteiger partial charge on any atom is 0.358 e. The molecule has 154 valence electrons. The minimum atomic E-state index is -3.24. The predicted octanol–water partition coefficient (Wildman–Crippen LogP) is -1.66. The van der Waals surface area contributed by atoms with E-state index >= 15 is 0 Å². The van der Waals surface area contributed by atoms with Crippen LogP contribution in [0, 0.1) is 0 Å². The lowest BCUT2D eigenvalue weighted by atomic mass is 10.3. The quantitative estimate of drug-likeness (QED) is 0.552. The van der Waals surface area contributed by atoms with E-state index in [4.69, 9.17) is 0 Å². The standard InChI is InChI=1S/C14H18N4O8S2/c19-13(20)9-11(17-1-5-27(23,24)6-2-17)15-10(14(21)22)12(16-9)18-3-7-28(25,26)8-4-18/h1-8H2,(H,19,20)(H,21,22). The first-order valence-corrected chi connectivity index (χ1v) is 11.9. The van der Waals surface area contributed by atoms with Crippen molar-refractivity contribution in [3.63, 3.8) is 0 Å². The lowest BCUT2D eigenvalue weighted by Gasteiger charge is -2.31. The molecule has 3 heterocycles. The highest BCUT2D eigenvalue weighted by Crippen LogP contribution is 2.26. The van der Waals surface area contributed by atoms with Gasteiger partial charge in [0.1, 0.15) is 0 Å². The summed E-state index contributed by atoms with van der Waals surface area (Å²) >= 11 is 0. The molecule has 0 saturated carbocycles. The molecule has 12 nitrogen and oxygen atoms in total. The largest absolute Gasteiger partial charge is 0.476 e. The summed E-state index contributed by atoms with van der Waals surface area (Å²) in [5.74, 6) is -4.15. The number of carboxylic acid groups (broad SMARTS) is 2. The van der Waals surface area contributed by atoms with Crippen LogP contribution in [0.2, 0.25) is 0 Å². The summed E-state index contributed by atoms with van der Waals surface area (Å²) in [6, 6.07) is 0. The maximum atomic E-state index is 11.7. The molecule has 0 radical (unpaired) electrons. The molecule has 3 rings (SSSR count). The molecule has 2 aliphatic heterocycles. The number of carbonyl (C=O) groups is 2. The molecule has 1 aromatic rings. The fourth-order valence-electron chi connectivity index (χ4n) is 2.99. The highest BCUT2D eigenvalue weighted by molar-refractivity contribution is 7.91. The molecule has 14 heteroatoms. The number of nitrogens with zero attached hydrogens (tertiary/aromatic N) is 4. The molecule has 2 fully saturated rings. The number of anilines is 2. The van der Waals surface area contributed by atoms with Gasteiger partial charge in [0.05, 0.1) is 23.0 Å². The van der Waals surface area contributed by atoms with Crippen molar-refractivity contribution in [3.05, 3.63) is 11.4 Å². The first-order chi connectivity index (χ1) is 13.0. The normalized spacial score (nSPS) is 21.3. The van der Waals surface area contributed by atoms with Crippen molar-refractivity contribution in [2.24, 2.45) is 0 Å². The van der Waals surface area contributed by atoms with Crippen LogP contribution in [0.5, 0.6) is 0 Å². The van der Waals surface area contributed by atoms with Gasteiger partial charge < -0.3 is 20.0 Å². The molecular weight excluding hydrogens is 416 g/mol. The van der Waals surface area contributed by atoms with Crippen LogP contribution in [0.4, 0.5) is 11.6 Å². The highest BCUT2D eigenvalue weighted by atomic mass is 32.2. The van der Waals surface area contributed by atoms with Gasteiger partial charge in [-0.05, 0) is 0 Å². The molecule has 0 spiro atoms. The molecule has 1 aromatic heterocycles. The molecule has 0 bridgehead atoms. The summed E-state index contributed by atoms with van der Waals surface area (Å²) in [7, 11) is -6.48. The van der Waals surface area contributed by atoms with Crippen LogP contribution < -0.4 is 9.80 Å². The molecule has 0 aliphatic carbocycles. The van der Waals surface area contributed by atoms with Crippen molar-refractivity contribution in [3.8, 4) is 0 Å². The Kier molecular flexibility index (Phi) is 5.18. The van der Waals surface area contributed by atoms with Gasteiger partial charge in [-0.15, -0.1) is 0 Å². The van der Waals surface area contributed by atoms with Crippen LogP contribution in [0.25, 0.3) is 0 Å². The fraction of sp³-hybridized carbons (Fsp3) is 0.571. The van der Waals surface area contributed by atoms with Gasteiger partial charge in [0, 0.05) is 26.2 Å². The van der Waals surface area contributed by atoms with E-state index in [1.165, 1.54) is 9.80 Å². The molecule has 0 atom stereocenters. The summed E-state index contributed by atoms with van der Waals surface area (Å²) < 4.78 is 46.4. The van der Waals surface area contributed by atoms with E-state index in [1.54, 1.807) is 0 Å². The van der Waals surface area contributed by atoms with Crippen molar-refractivity contribution < 1.29 is 36.6 Å². The number of aromatic nitrogens is 2. The lowest BCUT2D eigenvalue weighted by Crippen LogP contribution is -2.43. The Morgan fingerprint density at radius 3 is 1.21 bits per heavy atom. The molecule has 0 unspecified atom stereocenters. The lowest BCUT2D eigenvalue weighted by molar-refractivity contribution is 0.0672. The fourth-order valence-corrected chi connectivity index (χ4v) is 5.40. The molecule has 2 saturated heterocycles. The zero-order valence-corrected chi connectivity index (χ0v) is 16.2. The van der Waals surface area contributed by atoms with Crippen LogP contribution in [0.15, 0.2) is 0 Å².